The zero-order chi connectivity index (χ0) is 12.2. The molecule has 2 N–H and O–H groups in total. The standard InChI is InChI=1S/C12H23N3O/c1-9(2)13-7-12(4,5)8-16-11-6-10(3)14-15-11/h6,9,13H,7-8H2,1-5H3,(H,14,15). The van der Waals surface area contributed by atoms with E-state index in [-0.39, 0.29) is 5.41 Å². The lowest BCUT2D eigenvalue weighted by atomic mass is 9.94. The minimum absolute atomic E-state index is 0.108. The highest BCUT2D eigenvalue weighted by atomic mass is 16.5. The predicted molar refractivity (Wildman–Crippen MR) is 65.7 cm³/mol. The monoisotopic (exact) mass is 225 g/mol. The van der Waals surface area contributed by atoms with Gasteiger partial charge in [-0.2, -0.15) is 0 Å². The van der Waals surface area contributed by atoms with Crippen LogP contribution in [0.25, 0.3) is 0 Å². The smallest absolute Gasteiger partial charge is 0.232 e. The largest absolute Gasteiger partial charge is 0.476 e. The van der Waals surface area contributed by atoms with Gasteiger partial charge in [0, 0.05) is 29.8 Å². The van der Waals surface area contributed by atoms with Crippen molar-refractivity contribution in [1.82, 2.24) is 15.5 Å². The fourth-order valence-electron chi connectivity index (χ4n) is 1.27. The molecule has 4 heteroatoms. The Hall–Kier alpha value is -1.03. The lowest BCUT2D eigenvalue weighted by molar-refractivity contribution is 0.168. The molecule has 4 nitrogen and oxygen atoms in total. The molecule has 0 saturated carbocycles. The van der Waals surface area contributed by atoms with Crippen molar-refractivity contribution in [1.29, 1.82) is 0 Å². The molecule has 0 atom stereocenters. The van der Waals surface area contributed by atoms with Crippen molar-refractivity contribution in [3.05, 3.63) is 11.8 Å². The first-order chi connectivity index (χ1) is 7.39. The van der Waals surface area contributed by atoms with Gasteiger partial charge >= 0.3 is 0 Å². The molecule has 0 spiro atoms. The summed E-state index contributed by atoms with van der Waals surface area (Å²) in [6, 6.07) is 2.42. The van der Waals surface area contributed by atoms with Crippen LogP contribution in [0.1, 0.15) is 33.4 Å². The van der Waals surface area contributed by atoms with E-state index >= 15 is 0 Å². The Balaban J connectivity index is 2.35. The summed E-state index contributed by atoms with van der Waals surface area (Å²) in [5.41, 5.74) is 1.13. The Morgan fingerprint density at radius 3 is 2.69 bits per heavy atom. The quantitative estimate of drug-likeness (QED) is 0.779. The number of aromatic amines is 1. The minimum Gasteiger partial charge on any atom is -0.476 e. The molecule has 0 saturated heterocycles. The van der Waals surface area contributed by atoms with E-state index in [1.807, 2.05) is 13.0 Å². The van der Waals surface area contributed by atoms with E-state index in [0.717, 1.165) is 12.2 Å². The number of rotatable bonds is 6. The summed E-state index contributed by atoms with van der Waals surface area (Å²) >= 11 is 0. The molecule has 0 aliphatic rings. The maximum atomic E-state index is 5.64. The first-order valence-electron chi connectivity index (χ1n) is 5.77. The van der Waals surface area contributed by atoms with Crippen LogP contribution in [0.5, 0.6) is 5.88 Å². The van der Waals surface area contributed by atoms with E-state index in [1.165, 1.54) is 0 Å². The highest BCUT2D eigenvalue weighted by molar-refractivity contribution is 5.12. The normalized spacial score (nSPS) is 12.1. The van der Waals surface area contributed by atoms with Crippen LogP contribution < -0.4 is 10.1 Å². The third-order valence-corrected chi connectivity index (χ3v) is 2.28. The molecular formula is C12H23N3O. The third-order valence-electron chi connectivity index (χ3n) is 2.28. The van der Waals surface area contributed by atoms with Crippen molar-refractivity contribution < 1.29 is 4.74 Å². The molecule has 0 radical (unpaired) electrons. The molecule has 0 aliphatic heterocycles. The van der Waals surface area contributed by atoms with Gasteiger partial charge in [-0.15, -0.1) is 5.10 Å². The van der Waals surface area contributed by atoms with Crippen LogP contribution in [0.15, 0.2) is 6.07 Å². The maximum Gasteiger partial charge on any atom is 0.232 e. The SMILES string of the molecule is Cc1cc(OCC(C)(C)CNC(C)C)n[nH]1. The first-order valence-corrected chi connectivity index (χ1v) is 5.77. The Morgan fingerprint density at radius 1 is 1.50 bits per heavy atom. The number of aryl methyl sites for hydroxylation is 1. The number of H-pyrrole nitrogens is 1. The Morgan fingerprint density at radius 2 is 2.19 bits per heavy atom. The number of hydrogen-bond donors (Lipinski definition) is 2. The summed E-state index contributed by atoms with van der Waals surface area (Å²) < 4.78 is 5.64. The second-order valence-electron chi connectivity index (χ2n) is 5.38. The molecule has 1 aromatic heterocycles. The molecule has 0 unspecified atom stereocenters. The topological polar surface area (TPSA) is 49.9 Å². The third kappa shape index (κ3) is 4.66. The van der Waals surface area contributed by atoms with Crippen LogP contribution in [0, 0.1) is 12.3 Å². The Labute approximate surface area is 97.8 Å². The van der Waals surface area contributed by atoms with Crippen LogP contribution >= 0.6 is 0 Å². The molecule has 1 rings (SSSR count). The van der Waals surface area contributed by atoms with Gasteiger partial charge in [0.2, 0.25) is 5.88 Å². The molecule has 1 heterocycles. The lowest BCUT2D eigenvalue weighted by Gasteiger charge is -2.25. The van der Waals surface area contributed by atoms with Crippen molar-refractivity contribution in [2.75, 3.05) is 13.2 Å². The van der Waals surface area contributed by atoms with Gasteiger partial charge in [0.1, 0.15) is 0 Å². The van der Waals surface area contributed by atoms with Gasteiger partial charge in [-0.25, -0.2) is 0 Å². The van der Waals surface area contributed by atoms with Crippen molar-refractivity contribution in [2.45, 2.75) is 40.7 Å². The summed E-state index contributed by atoms with van der Waals surface area (Å²) in [4.78, 5) is 0. The predicted octanol–water partition coefficient (Wildman–Crippen LogP) is 2.12. The number of nitrogens with one attached hydrogen (secondary N) is 2. The molecule has 0 bridgehead atoms. The van der Waals surface area contributed by atoms with Crippen molar-refractivity contribution in [3.63, 3.8) is 0 Å². The zero-order valence-corrected chi connectivity index (χ0v) is 10.9. The fourth-order valence-corrected chi connectivity index (χ4v) is 1.27. The molecule has 0 fully saturated rings. The molecular weight excluding hydrogens is 202 g/mol. The molecule has 1 aromatic rings. The average Bonchev–Trinajstić information content (AvgIpc) is 2.59. The number of ether oxygens (including phenoxy) is 1. The summed E-state index contributed by atoms with van der Waals surface area (Å²) in [5.74, 6) is 0.676. The van der Waals surface area contributed by atoms with Crippen LogP contribution in [-0.2, 0) is 0 Å². The van der Waals surface area contributed by atoms with E-state index in [2.05, 4.69) is 43.2 Å². The number of hydrogen-bond acceptors (Lipinski definition) is 3. The Kier molecular flexibility index (Phi) is 4.35. The van der Waals surface area contributed by atoms with E-state index in [4.69, 9.17) is 4.74 Å². The van der Waals surface area contributed by atoms with Gasteiger partial charge in [-0.05, 0) is 6.92 Å². The van der Waals surface area contributed by atoms with Gasteiger partial charge in [0.05, 0.1) is 6.61 Å². The second kappa shape index (κ2) is 5.34. The highest BCUT2D eigenvalue weighted by Gasteiger charge is 2.19. The molecule has 0 aliphatic carbocycles. The minimum atomic E-state index is 0.108. The van der Waals surface area contributed by atoms with E-state index in [0.29, 0.717) is 18.5 Å². The van der Waals surface area contributed by atoms with Crippen LogP contribution in [0.2, 0.25) is 0 Å². The first kappa shape index (κ1) is 13.0. The van der Waals surface area contributed by atoms with Gasteiger partial charge in [-0.1, -0.05) is 27.7 Å². The van der Waals surface area contributed by atoms with Gasteiger partial charge in [0.25, 0.3) is 0 Å². The summed E-state index contributed by atoms with van der Waals surface area (Å²) in [6.45, 7) is 12.2. The van der Waals surface area contributed by atoms with E-state index in [9.17, 15) is 0 Å². The van der Waals surface area contributed by atoms with Crippen molar-refractivity contribution >= 4 is 0 Å². The summed E-state index contributed by atoms with van der Waals surface area (Å²) in [6.07, 6.45) is 0. The summed E-state index contributed by atoms with van der Waals surface area (Å²) in [7, 11) is 0. The van der Waals surface area contributed by atoms with E-state index in [1.54, 1.807) is 0 Å². The van der Waals surface area contributed by atoms with Crippen LogP contribution in [0.3, 0.4) is 0 Å². The molecule has 0 aromatic carbocycles. The van der Waals surface area contributed by atoms with Gasteiger partial charge in [0.15, 0.2) is 0 Å². The van der Waals surface area contributed by atoms with Gasteiger partial charge < -0.3 is 10.1 Å². The highest BCUT2D eigenvalue weighted by Crippen LogP contribution is 2.16. The average molecular weight is 225 g/mol. The van der Waals surface area contributed by atoms with Crippen molar-refractivity contribution in [3.8, 4) is 5.88 Å². The lowest BCUT2D eigenvalue weighted by Crippen LogP contribution is -2.37. The molecule has 16 heavy (non-hydrogen) atoms. The fraction of sp³-hybridized carbons (Fsp3) is 0.750. The van der Waals surface area contributed by atoms with Crippen molar-refractivity contribution in [2.24, 2.45) is 5.41 Å². The maximum absolute atomic E-state index is 5.64. The van der Waals surface area contributed by atoms with E-state index < -0.39 is 0 Å². The summed E-state index contributed by atoms with van der Waals surface area (Å²) in [5, 5.41) is 10.3. The number of aromatic nitrogens is 2. The zero-order valence-electron chi connectivity index (χ0n) is 10.9. The molecule has 92 valence electrons. The molecule has 0 amide bonds. The van der Waals surface area contributed by atoms with Gasteiger partial charge in [-0.3, -0.25) is 5.10 Å². The second-order valence-corrected chi connectivity index (χ2v) is 5.38. The number of nitrogens with zero attached hydrogens (tertiary/aromatic N) is 1. The van der Waals surface area contributed by atoms with Crippen LogP contribution in [0.4, 0.5) is 0 Å². The van der Waals surface area contributed by atoms with Crippen LogP contribution in [-0.4, -0.2) is 29.4 Å². The Bertz CT molecular complexity index is 318.